The highest BCUT2D eigenvalue weighted by atomic mass is 35.5. The number of hydrogen-bond acceptors (Lipinski definition) is 4. The number of thiophene rings is 1. The summed E-state index contributed by atoms with van der Waals surface area (Å²) in [5.41, 5.74) is 8.21. The zero-order valence-electron chi connectivity index (χ0n) is 10.9. The van der Waals surface area contributed by atoms with E-state index < -0.39 is 0 Å². The third-order valence-corrected chi connectivity index (χ3v) is 4.72. The van der Waals surface area contributed by atoms with Gasteiger partial charge in [0.25, 0.3) is 0 Å². The molecule has 0 spiro atoms. The summed E-state index contributed by atoms with van der Waals surface area (Å²) in [6.45, 7) is 1.96. The molecule has 0 bridgehead atoms. The minimum atomic E-state index is -0.113. The van der Waals surface area contributed by atoms with E-state index in [0.717, 1.165) is 20.2 Å². The minimum Gasteiger partial charge on any atom is -0.399 e. The Morgan fingerprint density at radius 1 is 1.40 bits per heavy atom. The summed E-state index contributed by atoms with van der Waals surface area (Å²) in [5.74, 6) is 0.627. The van der Waals surface area contributed by atoms with E-state index in [1.807, 2.05) is 34.9 Å². The van der Waals surface area contributed by atoms with Crippen molar-refractivity contribution in [3.8, 4) is 0 Å². The molecule has 1 atom stereocenters. The van der Waals surface area contributed by atoms with E-state index in [9.17, 15) is 5.11 Å². The van der Waals surface area contributed by atoms with Gasteiger partial charge >= 0.3 is 0 Å². The van der Waals surface area contributed by atoms with Gasteiger partial charge in [-0.1, -0.05) is 11.6 Å². The molecule has 4 nitrogen and oxygen atoms in total. The van der Waals surface area contributed by atoms with Crippen LogP contribution in [0.5, 0.6) is 0 Å². The highest BCUT2D eigenvalue weighted by molar-refractivity contribution is 7.16. The number of nitrogens with zero attached hydrogens (tertiary/aromatic N) is 2. The van der Waals surface area contributed by atoms with Crippen LogP contribution in [0.2, 0.25) is 4.34 Å². The Balaban J connectivity index is 2.18. The second kappa shape index (κ2) is 5.09. The average Bonchev–Trinajstić information content (AvgIpc) is 3.00. The van der Waals surface area contributed by atoms with Crippen molar-refractivity contribution >= 4 is 39.7 Å². The molecule has 0 amide bonds. The molecule has 0 saturated carbocycles. The number of aliphatic hydroxyl groups excluding tert-OH is 1. The summed E-state index contributed by atoms with van der Waals surface area (Å²) in [4.78, 5) is 5.58. The minimum absolute atomic E-state index is 0.0586. The van der Waals surface area contributed by atoms with Crippen LogP contribution >= 0.6 is 22.9 Å². The number of anilines is 1. The van der Waals surface area contributed by atoms with E-state index in [0.29, 0.717) is 11.5 Å². The Bertz CT molecular complexity index is 765. The Morgan fingerprint density at radius 2 is 2.20 bits per heavy atom. The summed E-state index contributed by atoms with van der Waals surface area (Å²) >= 11 is 7.54. The van der Waals surface area contributed by atoms with Crippen LogP contribution in [0.15, 0.2) is 30.3 Å². The third-order valence-electron chi connectivity index (χ3n) is 3.32. The summed E-state index contributed by atoms with van der Waals surface area (Å²) < 4.78 is 2.78. The number of fused-ring (bicyclic) bond motifs is 1. The Hall–Kier alpha value is -1.56. The number of nitrogens with two attached hydrogens (primary N) is 1. The van der Waals surface area contributed by atoms with Crippen LogP contribution in [-0.4, -0.2) is 14.7 Å². The van der Waals surface area contributed by atoms with Crippen molar-refractivity contribution in [2.45, 2.75) is 19.6 Å². The first-order chi connectivity index (χ1) is 9.60. The van der Waals surface area contributed by atoms with E-state index in [-0.39, 0.29) is 12.6 Å². The second-order valence-corrected chi connectivity index (χ2v) is 6.37. The molecule has 2 heterocycles. The van der Waals surface area contributed by atoms with Crippen LogP contribution in [0.25, 0.3) is 11.0 Å². The average molecular weight is 308 g/mol. The molecule has 0 aliphatic carbocycles. The predicted molar refractivity (Wildman–Crippen MR) is 83.2 cm³/mol. The van der Waals surface area contributed by atoms with E-state index in [4.69, 9.17) is 17.3 Å². The number of halogens is 1. The van der Waals surface area contributed by atoms with Gasteiger partial charge in [0, 0.05) is 10.6 Å². The number of rotatable bonds is 3. The molecule has 20 heavy (non-hydrogen) atoms. The smallest absolute Gasteiger partial charge is 0.136 e. The highest BCUT2D eigenvalue weighted by Crippen LogP contribution is 2.32. The third kappa shape index (κ3) is 2.18. The van der Waals surface area contributed by atoms with Gasteiger partial charge in [0.15, 0.2) is 0 Å². The van der Waals surface area contributed by atoms with Gasteiger partial charge in [-0.25, -0.2) is 4.98 Å². The number of aliphatic hydroxyl groups is 1. The monoisotopic (exact) mass is 307 g/mol. The molecule has 0 aliphatic heterocycles. The van der Waals surface area contributed by atoms with Gasteiger partial charge in [-0.15, -0.1) is 11.3 Å². The zero-order valence-corrected chi connectivity index (χ0v) is 12.4. The molecular weight excluding hydrogens is 294 g/mol. The molecule has 2 aromatic heterocycles. The summed E-state index contributed by atoms with van der Waals surface area (Å²) in [7, 11) is 0. The van der Waals surface area contributed by atoms with Gasteiger partial charge < -0.3 is 15.4 Å². The van der Waals surface area contributed by atoms with E-state index in [1.165, 1.54) is 11.3 Å². The van der Waals surface area contributed by atoms with Crippen LogP contribution in [0.3, 0.4) is 0 Å². The molecule has 3 aromatic rings. The number of hydrogen-bond donors (Lipinski definition) is 2. The molecule has 3 rings (SSSR count). The lowest BCUT2D eigenvalue weighted by molar-refractivity contribution is 0.264. The first-order valence-corrected chi connectivity index (χ1v) is 7.42. The number of nitrogen functional groups attached to an aromatic ring is 1. The molecule has 0 fully saturated rings. The van der Waals surface area contributed by atoms with Crippen molar-refractivity contribution in [2.75, 3.05) is 5.73 Å². The summed E-state index contributed by atoms with van der Waals surface area (Å²) in [6, 6.07) is 9.54. The predicted octanol–water partition coefficient (Wildman–Crippen LogP) is 3.44. The van der Waals surface area contributed by atoms with Gasteiger partial charge in [0.1, 0.15) is 12.4 Å². The van der Waals surface area contributed by atoms with Gasteiger partial charge in [0.05, 0.1) is 21.4 Å². The van der Waals surface area contributed by atoms with Gasteiger partial charge in [-0.3, -0.25) is 0 Å². The molecule has 6 heteroatoms. The Kier molecular flexibility index (Phi) is 3.41. The molecule has 0 radical (unpaired) electrons. The van der Waals surface area contributed by atoms with Crippen LogP contribution in [0.1, 0.15) is 23.7 Å². The molecule has 0 saturated heterocycles. The lowest BCUT2D eigenvalue weighted by Gasteiger charge is -2.15. The SMILES string of the molecule is CC(c1ccc(Cl)s1)n1c(CO)nc2cc(N)ccc21. The van der Waals surface area contributed by atoms with Crippen molar-refractivity contribution in [2.24, 2.45) is 0 Å². The maximum Gasteiger partial charge on any atom is 0.136 e. The first kappa shape index (κ1) is 13.4. The van der Waals surface area contributed by atoms with Gasteiger partial charge in [0.2, 0.25) is 0 Å². The fourth-order valence-electron chi connectivity index (χ4n) is 2.39. The quantitative estimate of drug-likeness (QED) is 0.729. The van der Waals surface area contributed by atoms with Gasteiger partial charge in [-0.05, 0) is 37.3 Å². The van der Waals surface area contributed by atoms with Crippen molar-refractivity contribution in [1.29, 1.82) is 0 Å². The van der Waals surface area contributed by atoms with Crippen LogP contribution in [0.4, 0.5) is 5.69 Å². The highest BCUT2D eigenvalue weighted by Gasteiger charge is 2.18. The molecular formula is C14H14ClN3OS. The lowest BCUT2D eigenvalue weighted by Crippen LogP contribution is -2.09. The number of aromatic nitrogens is 2. The standard InChI is InChI=1S/C14H14ClN3OS/c1-8(12-4-5-13(15)20-12)18-11-3-2-9(16)6-10(11)17-14(18)7-19/h2-6,8,19H,7,16H2,1H3. The van der Waals surface area contributed by atoms with Crippen LogP contribution in [-0.2, 0) is 6.61 Å². The molecule has 3 N–H and O–H groups in total. The van der Waals surface area contributed by atoms with E-state index >= 15 is 0 Å². The van der Waals surface area contributed by atoms with Crippen molar-refractivity contribution in [3.05, 3.63) is 45.4 Å². The fourth-order valence-corrected chi connectivity index (χ4v) is 3.49. The van der Waals surface area contributed by atoms with Crippen LogP contribution in [0, 0.1) is 0 Å². The van der Waals surface area contributed by atoms with Gasteiger partial charge in [-0.2, -0.15) is 0 Å². The Morgan fingerprint density at radius 3 is 2.85 bits per heavy atom. The zero-order chi connectivity index (χ0) is 14.3. The lowest BCUT2D eigenvalue weighted by atomic mass is 10.2. The maximum atomic E-state index is 9.55. The first-order valence-electron chi connectivity index (χ1n) is 6.22. The molecule has 1 unspecified atom stereocenters. The molecule has 104 valence electrons. The molecule has 1 aromatic carbocycles. The van der Waals surface area contributed by atoms with E-state index in [2.05, 4.69) is 11.9 Å². The second-order valence-electron chi connectivity index (χ2n) is 4.62. The largest absolute Gasteiger partial charge is 0.399 e. The number of benzene rings is 1. The van der Waals surface area contributed by atoms with E-state index in [1.54, 1.807) is 0 Å². The topological polar surface area (TPSA) is 64.1 Å². The molecule has 0 aliphatic rings. The maximum absolute atomic E-state index is 9.55. The number of imidazole rings is 1. The van der Waals surface area contributed by atoms with Crippen molar-refractivity contribution < 1.29 is 5.11 Å². The van der Waals surface area contributed by atoms with Crippen molar-refractivity contribution in [1.82, 2.24) is 9.55 Å². The van der Waals surface area contributed by atoms with Crippen LogP contribution < -0.4 is 5.73 Å². The normalized spacial score (nSPS) is 12.9. The Labute approximate surface area is 125 Å². The fraction of sp³-hybridized carbons (Fsp3) is 0.214. The summed E-state index contributed by atoms with van der Waals surface area (Å²) in [5, 5.41) is 9.55. The van der Waals surface area contributed by atoms with Crippen molar-refractivity contribution in [3.63, 3.8) is 0 Å². The summed E-state index contributed by atoms with van der Waals surface area (Å²) in [6.07, 6.45) is 0.